The van der Waals surface area contributed by atoms with E-state index in [4.69, 9.17) is 0 Å². The van der Waals surface area contributed by atoms with Crippen molar-refractivity contribution in [1.82, 2.24) is 9.80 Å². The van der Waals surface area contributed by atoms with E-state index in [2.05, 4.69) is 0 Å². The summed E-state index contributed by atoms with van der Waals surface area (Å²) in [4.78, 5) is 43.4. The summed E-state index contributed by atoms with van der Waals surface area (Å²) in [6, 6.07) is 0. The standard InChI is InChI=1S/C10H16N2O8.2K.Mn/c13-7(14)3-11(4-8(15)16)1-2-12(5-9(17)18)6-10(19)20;;;/h1-6H2,(H,13,14)(H,15,16)(H,17,18)(H,19,20);;;/q;2*+1;+2/p-4. The van der Waals surface area contributed by atoms with Gasteiger partial charge in [-0.1, -0.05) is 0 Å². The molecule has 0 aromatic heterocycles. The summed E-state index contributed by atoms with van der Waals surface area (Å²) in [5, 5.41) is 41.6. The summed E-state index contributed by atoms with van der Waals surface area (Å²) >= 11 is 0. The van der Waals surface area contributed by atoms with Crippen LogP contribution in [0.25, 0.3) is 0 Å². The Morgan fingerprint density at radius 1 is 0.565 bits per heavy atom. The molecule has 0 saturated heterocycles. The Balaban J connectivity index is -0.000000602. The molecule has 0 aromatic rings. The Hall–Kier alpha value is 1.59. The summed E-state index contributed by atoms with van der Waals surface area (Å²) < 4.78 is 0. The molecule has 10 nitrogen and oxygen atoms in total. The van der Waals surface area contributed by atoms with Gasteiger partial charge in [-0.15, -0.1) is 0 Å². The van der Waals surface area contributed by atoms with Gasteiger partial charge in [0.1, 0.15) is 0 Å². The first kappa shape index (κ1) is 32.3. The fourth-order valence-corrected chi connectivity index (χ4v) is 1.44. The molecule has 0 bridgehead atoms. The predicted molar refractivity (Wildman–Crippen MR) is 52.9 cm³/mol. The van der Waals surface area contributed by atoms with E-state index in [1.54, 1.807) is 0 Å². The molecule has 0 unspecified atom stereocenters. The number of carboxylic acids is 4. The van der Waals surface area contributed by atoms with E-state index in [-0.39, 0.29) is 133 Å². The zero-order valence-electron chi connectivity index (χ0n) is 12.8. The molecule has 0 aliphatic carbocycles. The van der Waals surface area contributed by atoms with Gasteiger partial charge in [0.05, 0.1) is 23.9 Å². The molecule has 0 saturated carbocycles. The van der Waals surface area contributed by atoms with Gasteiger partial charge in [0.15, 0.2) is 0 Å². The van der Waals surface area contributed by atoms with Crippen molar-refractivity contribution in [3.63, 3.8) is 0 Å². The fraction of sp³-hybridized carbons (Fsp3) is 0.600. The van der Waals surface area contributed by atoms with Crippen molar-refractivity contribution in [2.45, 2.75) is 0 Å². The van der Waals surface area contributed by atoms with E-state index in [0.717, 1.165) is 9.80 Å². The van der Waals surface area contributed by atoms with Crippen LogP contribution < -0.4 is 123 Å². The molecule has 0 amide bonds. The monoisotopic (exact) mass is 421 g/mol. The van der Waals surface area contributed by atoms with Crippen LogP contribution in [0.4, 0.5) is 0 Å². The summed E-state index contributed by atoms with van der Waals surface area (Å²) in [6.45, 7) is -3.25. The quantitative estimate of drug-likeness (QED) is 0.292. The van der Waals surface area contributed by atoms with Crippen molar-refractivity contribution in [3.8, 4) is 0 Å². The van der Waals surface area contributed by atoms with Crippen LogP contribution in [0.2, 0.25) is 0 Å². The SMILES string of the molecule is O=C([O-])CN(CCN(CC(=O)[O-])CC(=O)[O-])CC(=O)[O-].[K+].[K+].[Mn+2]. The number of carboxylic acid groups (broad SMARTS) is 4. The van der Waals surface area contributed by atoms with Crippen molar-refractivity contribution in [2.24, 2.45) is 0 Å². The van der Waals surface area contributed by atoms with Crippen molar-refractivity contribution in [1.29, 1.82) is 0 Å². The maximum Gasteiger partial charge on any atom is 2.00 e. The first-order valence-electron chi connectivity index (χ1n) is 5.44. The van der Waals surface area contributed by atoms with Crippen LogP contribution in [0.1, 0.15) is 0 Å². The second-order valence-corrected chi connectivity index (χ2v) is 3.91. The molecule has 0 fully saturated rings. The van der Waals surface area contributed by atoms with Crippen LogP contribution in [0.5, 0.6) is 0 Å². The van der Waals surface area contributed by atoms with E-state index < -0.39 is 50.1 Å². The second-order valence-electron chi connectivity index (χ2n) is 3.91. The predicted octanol–water partition coefficient (Wildman–Crippen LogP) is -13.4. The third kappa shape index (κ3) is 21.5. The molecule has 0 atom stereocenters. The maximum atomic E-state index is 10.4. The molecule has 119 valence electrons. The normalized spacial score (nSPS) is 9.30. The zero-order valence-corrected chi connectivity index (χ0v) is 20.2. The molecule has 0 aliphatic heterocycles. The first-order valence-corrected chi connectivity index (χ1v) is 5.44. The third-order valence-electron chi connectivity index (χ3n) is 2.14. The number of nitrogens with zero attached hydrogens (tertiary/aromatic N) is 2. The zero-order chi connectivity index (χ0) is 15.7. The molecule has 0 rings (SSSR count). The van der Waals surface area contributed by atoms with E-state index >= 15 is 0 Å². The van der Waals surface area contributed by atoms with Gasteiger partial charge in [-0.05, 0) is 0 Å². The maximum absolute atomic E-state index is 10.4. The summed E-state index contributed by atoms with van der Waals surface area (Å²) in [6.07, 6.45) is 0. The summed E-state index contributed by atoms with van der Waals surface area (Å²) in [5.41, 5.74) is 0. The third-order valence-corrected chi connectivity index (χ3v) is 2.14. The average Bonchev–Trinajstić information content (AvgIpc) is 2.22. The Morgan fingerprint density at radius 3 is 0.870 bits per heavy atom. The molecular formula is C10H12K2MnN2O8. The van der Waals surface area contributed by atoms with Gasteiger partial charge in [0.2, 0.25) is 0 Å². The molecule has 0 aromatic carbocycles. The molecular weight excluding hydrogens is 409 g/mol. The fourth-order valence-electron chi connectivity index (χ4n) is 1.44. The van der Waals surface area contributed by atoms with Crippen molar-refractivity contribution in [2.75, 3.05) is 39.3 Å². The number of aliphatic carboxylic acids is 4. The van der Waals surface area contributed by atoms with Crippen LogP contribution in [-0.4, -0.2) is 72.9 Å². The van der Waals surface area contributed by atoms with Gasteiger partial charge in [-0.2, -0.15) is 0 Å². The molecule has 0 N–H and O–H groups in total. The molecule has 1 radical (unpaired) electrons. The smallest absolute Gasteiger partial charge is 0.549 e. The molecule has 13 heteroatoms. The number of hydrogen-bond acceptors (Lipinski definition) is 10. The van der Waals surface area contributed by atoms with Crippen LogP contribution in [0.15, 0.2) is 0 Å². The number of carbonyl (C=O) groups excluding carboxylic acids is 4. The minimum Gasteiger partial charge on any atom is -0.549 e. The Labute approximate surface area is 228 Å². The van der Waals surface area contributed by atoms with E-state index in [9.17, 15) is 39.6 Å². The Bertz CT molecular complexity index is 331. The first-order chi connectivity index (χ1) is 9.20. The van der Waals surface area contributed by atoms with Crippen molar-refractivity contribution < 1.29 is 159 Å². The molecule has 0 heterocycles. The van der Waals surface area contributed by atoms with Crippen LogP contribution in [0, 0.1) is 0 Å². The number of rotatable bonds is 11. The largest absolute Gasteiger partial charge is 2.00 e. The second kappa shape index (κ2) is 18.4. The van der Waals surface area contributed by atoms with Crippen LogP contribution in [0.3, 0.4) is 0 Å². The van der Waals surface area contributed by atoms with E-state index in [0.29, 0.717) is 0 Å². The van der Waals surface area contributed by atoms with Gasteiger partial charge < -0.3 is 39.6 Å². The van der Waals surface area contributed by atoms with Gasteiger partial charge in [-0.25, -0.2) is 0 Å². The van der Waals surface area contributed by atoms with Gasteiger partial charge >= 0.3 is 120 Å². The van der Waals surface area contributed by atoms with E-state index in [1.807, 2.05) is 0 Å². The summed E-state index contributed by atoms with van der Waals surface area (Å²) in [7, 11) is 0. The topological polar surface area (TPSA) is 167 Å². The Kier molecular flexibility index (Phi) is 25.8. The van der Waals surface area contributed by atoms with Gasteiger partial charge in [-0.3, -0.25) is 9.80 Å². The van der Waals surface area contributed by atoms with E-state index in [1.165, 1.54) is 0 Å². The van der Waals surface area contributed by atoms with Crippen molar-refractivity contribution >= 4 is 23.9 Å². The van der Waals surface area contributed by atoms with Gasteiger partial charge in [0, 0.05) is 39.3 Å². The molecule has 23 heavy (non-hydrogen) atoms. The van der Waals surface area contributed by atoms with Crippen LogP contribution >= 0.6 is 0 Å². The number of carbonyl (C=O) groups is 4. The number of hydrogen-bond donors (Lipinski definition) is 0. The van der Waals surface area contributed by atoms with Gasteiger partial charge in [0.25, 0.3) is 0 Å². The minimum atomic E-state index is -1.53. The molecule has 0 aliphatic rings. The minimum absolute atomic E-state index is 0. The van der Waals surface area contributed by atoms with Crippen molar-refractivity contribution in [3.05, 3.63) is 0 Å². The average molecular weight is 421 g/mol. The molecule has 0 spiro atoms. The Morgan fingerprint density at radius 2 is 0.739 bits per heavy atom. The van der Waals surface area contributed by atoms with Crippen LogP contribution in [-0.2, 0) is 36.2 Å². The summed E-state index contributed by atoms with van der Waals surface area (Å²) in [5.74, 6) is -6.12.